The molecule has 0 radical (unpaired) electrons. The van der Waals surface area contributed by atoms with E-state index in [-0.39, 0.29) is 38.8 Å². The standard InChI is InChI=1S/C22H18Cl5N3O4S/c1-10(2)22(32)34-4-5-35-19-20(28-16-9-17(33-3)13(25)8-12(16)24)29-30(21(19)31)18-14(26)6-11(23)7-15(18)27/h6-9,19H,1,4-5H2,2-3H3,(H,28,29). The number of anilines is 1. The summed E-state index contributed by atoms with van der Waals surface area (Å²) in [6.07, 6.45) is 0. The molecule has 2 aromatic rings. The summed E-state index contributed by atoms with van der Waals surface area (Å²) in [5, 5.41) is 1.57. The van der Waals surface area contributed by atoms with E-state index in [1.807, 2.05) is 0 Å². The van der Waals surface area contributed by atoms with Gasteiger partial charge in [0, 0.05) is 22.4 Å². The molecule has 1 aliphatic heterocycles. The van der Waals surface area contributed by atoms with Crippen LogP contribution in [-0.4, -0.2) is 42.4 Å². The fraction of sp³-hybridized carbons (Fsp3) is 0.227. The molecule has 0 spiro atoms. The van der Waals surface area contributed by atoms with Crippen LogP contribution >= 0.6 is 69.8 Å². The molecule has 1 N–H and O–H groups in total. The molecule has 1 heterocycles. The molecule has 0 saturated carbocycles. The predicted molar refractivity (Wildman–Crippen MR) is 144 cm³/mol. The number of amides is 1. The van der Waals surface area contributed by atoms with Gasteiger partial charge in [-0.25, -0.2) is 14.8 Å². The molecule has 7 nitrogen and oxygen atoms in total. The zero-order chi connectivity index (χ0) is 25.9. The highest BCUT2D eigenvalue weighted by atomic mass is 35.5. The fourth-order valence-corrected chi connectivity index (χ4v) is 5.34. The molecule has 13 heteroatoms. The second kappa shape index (κ2) is 12.0. The van der Waals surface area contributed by atoms with Gasteiger partial charge >= 0.3 is 5.97 Å². The minimum atomic E-state index is -0.820. The van der Waals surface area contributed by atoms with Gasteiger partial charge in [-0.3, -0.25) is 10.2 Å². The molecular weight excluding hydrogens is 580 g/mol. The van der Waals surface area contributed by atoms with Crippen molar-refractivity contribution < 1.29 is 19.1 Å². The van der Waals surface area contributed by atoms with Crippen LogP contribution in [0.2, 0.25) is 25.1 Å². The lowest BCUT2D eigenvalue weighted by molar-refractivity contribution is -0.138. The number of benzene rings is 2. The van der Waals surface area contributed by atoms with Crippen molar-refractivity contribution in [1.82, 2.24) is 5.43 Å². The van der Waals surface area contributed by atoms with Crippen molar-refractivity contribution >= 4 is 98.9 Å². The Kier molecular flexibility index (Phi) is 9.48. The molecule has 1 amide bonds. The molecule has 186 valence electrons. The smallest absolute Gasteiger partial charge is 0.333 e. The number of hydrogen-bond acceptors (Lipinski definition) is 6. The third kappa shape index (κ3) is 6.50. The van der Waals surface area contributed by atoms with Crippen LogP contribution in [0.1, 0.15) is 6.92 Å². The molecule has 1 aliphatic rings. The minimum absolute atomic E-state index is 0.0609. The van der Waals surface area contributed by atoms with E-state index in [0.717, 1.165) is 0 Å². The average Bonchev–Trinajstić information content (AvgIpc) is 3.07. The summed E-state index contributed by atoms with van der Waals surface area (Å²) >= 11 is 32.4. The van der Waals surface area contributed by atoms with Crippen molar-refractivity contribution in [2.75, 3.05) is 24.5 Å². The Morgan fingerprint density at radius 1 is 1.11 bits per heavy atom. The number of carbonyl (C=O) groups is 2. The van der Waals surface area contributed by atoms with Crippen LogP contribution in [0, 0.1) is 0 Å². The molecule has 0 aliphatic carbocycles. The van der Waals surface area contributed by atoms with E-state index in [1.165, 1.54) is 42.1 Å². The monoisotopic (exact) mass is 595 g/mol. The molecule has 1 atom stereocenters. The van der Waals surface area contributed by atoms with Gasteiger partial charge in [0.15, 0.2) is 0 Å². The lowest BCUT2D eigenvalue weighted by atomic mass is 10.3. The maximum Gasteiger partial charge on any atom is 0.333 e. The summed E-state index contributed by atoms with van der Waals surface area (Å²) in [4.78, 5) is 29.6. The Hall–Kier alpha value is -1.81. The second-order valence-corrected chi connectivity index (χ2v) is 10.4. The maximum absolute atomic E-state index is 13.4. The number of amidine groups is 1. The Morgan fingerprint density at radius 3 is 2.37 bits per heavy atom. The predicted octanol–water partition coefficient (Wildman–Crippen LogP) is 6.76. The average molecular weight is 598 g/mol. The Labute approximate surface area is 231 Å². The van der Waals surface area contributed by atoms with E-state index in [0.29, 0.717) is 27.2 Å². The summed E-state index contributed by atoms with van der Waals surface area (Å²) in [5.74, 6) is -0.0141. The minimum Gasteiger partial charge on any atom is -0.495 e. The van der Waals surface area contributed by atoms with E-state index in [9.17, 15) is 9.59 Å². The molecule has 1 unspecified atom stereocenters. The molecule has 35 heavy (non-hydrogen) atoms. The zero-order valence-corrected chi connectivity index (χ0v) is 22.9. The van der Waals surface area contributed by atoms with Gasteiger partial charge in [0.1, 0.15) is 29.1 Å². The normalized spacial score (nSPS) is 16.4. The number of aliphatic imine (C=N–C) groups is 1. The topological polar surface area (TPSA) is 80.2 Å². The fourth-order valence-electron chi connectivity index (χ4n) is 2.92. The van der Waals surface area contributed by atoms with Crippen molar-refractivity contribution in [3.05, 3.63) is 61.5 Å². The molecule has 1 fully saturated rings. The number of hydrazine groups is 1. The first-order valence-electron chi connectivity index (χ1n) is 9.84. The number of carbonyl (C=O) groups excluding carboxylic acids is 2. The van der Waals surface area contributed by atoms with Crippen molar-refractivity contribution in [3.8, 4) is 5.75 Å². The van der Waals surface area contributed by atoms with Gasteiger partial charge in [-0.2, -0.15) is 0 Å². The van der Waals surface area contributed by atoms with Crippen LogP contribution in [0.4, 0.5) is 11.4 Å². The second-order valence-electron chi connectivity index (χ2n) is 7.11. The lowest BCUT2D eigenvalue weighted by Crippen LogP contribution is -2.36. The number of ether oxygens (including phenoxy) is 2. The number of nitrogens with zero attached hydrogens (tertiary/aromatic N) is 2. The first-order chi connectivity index (χ1) is 16.5. The Bertz CT molecular complexity index is 1200. The lowest BCUT2D eigenvalue weighted by Gasteiger charge is -2.19. The third-order valence-corrected chi connectivity index (χ3v) is 7.09. The number of thioether (sulfide) groups is 1. The van der Waals surface area contributed by atoms with Crippen LogP contribution in [0.3, 0.4) is 0 Å². The van der Waals surface area contributed by atoms with E-state index in [2.05, 4.69) is 17.0 Å². The largest absolute Gasteiger partial charge is 0.495 e. The summed E-state index contributed by atoms with van der Waals surface area (Å²) in [5.41, 5.74) is 3.76. The number of rotatable bonds is 8. The van der Waals surface area contributed by atoms with E-state index < -0.39 is 17.1 Å². The molecule has 0 aromatic heterocycles. The van der Waals surface area contributed by atoms with E-state index in [1.54, 1.807) is 13.0 Å². The van der Waals surface area contributed by atoms with Crippen molar-refractivity contribution in [3.63, 3.8) is 0 Å². The summed E-state index contributed by atoms with van der Waals surface area (Å²) < 4.78 is 10.4. The summed E-state index contributed by atoms with van der Waals surface area (Å²) in [6.45, 7) is 5.15. The van der Waals surface area contributed by atoms with Gasteiger partial charge < -0.3 is 9.47 Å². The third-order valence-electron chi connectivity index (χ3n) is 4.54. The van der Waals surface area contributed by atoms with Crippen LogP contribution in [0.15, 0.2) is 41.4 Å². The van der Waals surface area contributed by atoms with Gasteiger partial charge in [0.05, 0.1) is 32.9 Å². The quantitative estimate of drug-likeness (QED) is 0.206. The number of hydrogen-bond donors (Lipinski definition) is 1. The first kappa shape index (κ1) is 27.8. The molecular formula is C22H18Cl5N3O4S. The van der Waals surface area contributed by atoms with Crippen molar-refractivity contribution in [2.45, 2.75) is 12.2 Å². The molecule has 2 aromatic carbocycles. The van der Waals surface area contributed by atoms with E-state index >= 15 is 0 Å². The summed E-state index contributed by atoms with van der Waals surface area (Å²) in [7, 11) is 1.46. The van der Waals surface area contributed by atoms with E-state index in [4.69, 9.17) is 67.5 Å². The molecule has 0 bridgehead atoms. The van der Waals surface area contributed by atoms with Gasteiger partial charge in [-0.15, -0.1) is 11.8 Å². The number of esters is 1. The Morgan fingerprint density at radius 2 is 1.77 bits per heavy atom. The Balaban J connectivity index is 1.96. The number of methoxy groups -OCH3 is 1. The van der Waals surface area contributed by atoms with Crippen molar-refractivity contribution in [1.29, 1.82) is 0 Å². The first-order valence-corrected chi connectivity index (χ1v) is 12.8. The summed E-state index contributed by atoms with van der Waals surface area (Å²) in [6, 6.07) is 5.97. The van der Waals surface area contributed by atoms with Gasteiger partial charge in [0.2, 0.25) is 0 Å². The number of nitrogens with one attached hydrogen (secondary N) is 1. The maximum atomic E-state index is 13.4. The van der Waals surface area contributed by atoms with Gasteiger partial charge in [-0.05, 0) is 25.1 Å². The van der Waals surface area contributed by atoms with Crippen LogP contribution < -0.4 is 15.2 Å². The highest BCUT2D eigenvalue weighted by molar-refractivity contribution is 8.01. The van der Waals surface area contributed by atoms with Crippen LogP contribution in [-0.2, 0) is 14.3 Å². The molecule has 1 saturated heterocycles. The van der Waals surface area contributed by atoms with Crippen LogP contribution in [0.5, 0.6) is 5.75 Å². The number of halogens is 5. The van der Waals surface area contributed by atoms with Gasteiger partial charge in [-0.1, -0.05) is 64.6 Å². The highest BCUT2D eigenvalue weighted by Crippen LogP contribution is 2.40. The van der Waals surface area contributed by atoms with Crippen LogP contribution in [0.25, 0.3) is 0 Å². The zero-order valence-electron chi connectivity index (χ0n) is 18.3. The molecule has 3 rings (SSSR count). The van der Waals surface area contributed by atoms with Crippen molar-refractivity contribution in [2.24, 2.45) is 4.99 Å². The SMILES string of the molecule is C=C(C)C(=O)OCCSC1C(=O)N(c2c(Cl)cc(Cl)cc2Cl)NC1=Nc1cc(OC)c(Cl)cc1Cl. The van der Waals surface area contributed by atoms with Gasteiger partial charge in [0.25, 0.3) is 5.91 Å². The highest BCUT2D eigenvalue weighted by Gasteiger charge is 2.40.